The van der Waals surface area contributed by atoms with E-state index in [9.17, 15) is 0 Å². The molecule has 1 nitrogen and oxygen atoms in total. The van der Waals surface area contributed by atoms with Crippen LogP contribution in [0.2, 0.25) is 0 Å². The molecule has 0 heterocycles. The van der Waals surface area contributed by atoms with Gasteiger partial charge < -0.3 is 5.32 Å². The van der Waals surface area contributed by atoms with Crippen molar-refractivity contribution in [2.45, 2.75) is 0 Å². The summed E-state index contributed by atoms with van der Waals surface area (Å²) in [5.41, 5.74) is 1.18. The van der Waals surface area contributed by atoms with Gasteiger partial charge in [0.1, 0.15) is 0 Å². The van der Waals surface area contributed by atoms with Gasteiger partial charge in [-0.3, -0.25) is 0 Å². The lowest BCUT2D eigenvalue weighted by atomic mass is 9.96. The van der Waals surface area contributed by atoms with Crippen LogP contribution in [0.15, 0.2) is 66.7 Å². The van der Waals surface area contributed by atoms with E-state index in [4.69, 9.17) is 0 Å². The van der Waals surface area contributed by atoms with Crippen LogP contribution < -0.4 is 5.32 Å². The second kappa shape index (κ2) is 4.24. The molecule has 0 fully saturated rings. The number of benzene rings is 4. The number of anilines is 1. The molecule has 0 aliphatic rings. The standard InChI is InChI=1S/C19H15N/c1-20-18-8-4-6-14-10-11-16-15-7-3-2-5-13(15)9-12-17(16)19(14)18/h2-12,20H,1H3. The highest BCUT2D eigenvalue weighted by atomic mass is 14.8. The van der Waals surface area contributed by atoms with Crippen LogP contribution in [-0.2, 0) is 0 Å². The molecule has 0 aliphatic carbocycles. The molecule has 4 rings (SSSR count). The molecular formula is C19H15N. The molecule has 0 saturated carbocycles. The fraction of sp³-hybridized carbons (Fsp3) is 0.0526. The number of hydrogen-bond acceptors (Lipinski definition) is 1. The highest BCUT2D eigenvalue weighted by Gasteiger charge is 2.06. The predicted octanol–water partition coefficient (Wildman–Crippen LogP) is 5.19. The summed E-state index contributed by atoms with van der Waals surface area (Å²) in [5, 5.41) is 11.1. The van der Waals surface area contributed by atoms with Crippen molar-refractivity contribution < 1.29 is 0 Å². The van der Waals surface area contributed by atoms with Gasteiger partial charge in [-0.1, -0.05) is 60.7 Å². The maximum absolute atomic E-state index is 3.31. The first kappa shape index (κ1) is 11.3. The highest BCUT2D eigenvalue weighted by Crippen LogP contribution is 2.34. The van der Waals surface area contributed by atoms with Gasteiger partial charge in [0.05, 0.1) is 0 Å². The van der Waals surface area contributed by atoms with Gasteiger partial charge in [0.2, 0.25) is 0 Å². The lowest BCUT2D eigenvalue weighted by Crippen LogP contribution is -1.90. The van der Waals surface area contributed by atoms with Gasteiger partial charge >= 0.3 is 0 Å². The molecule has 0 unspecified atom stereocenters. The van der Waals surface area contributed by atoms with E-state index in [1.807, 2.05) is 7.05 Å². The minimum Gasteiger partial charge on any atom is -0.388 e. The van der Waals surface area contributed by atoms with Crippen LogP contribution in [0.3, 0.4) is 0 Å². The second-order valence-corrected chi connectivity index (χ2v) is 5.10. The molecule has 20 heavy (non-hydrogen) atoms. The van der Waals surface area contributed by atoms with Crippen molar-refractivity contribution in [3.63, 3.8) is 0 Å². The van der Waals surface area contributed by atoms with Crippen LogP contribution in [0.25, 0.3) is 32.3 Å². The zero-order valence-corrected chi connectivity index (χ0v) is 11.4. The van der Waals surface area contributed by atoms with Gasteiger partial charge in [0, 0.05) is 18.1 Å². The summed E-state index contributed by atoms with van der Waals surface area (Å²) in [6, 6.07) is 23.9. The summed E-state index contributed by atoms with van der Waals surface area (Å²) in [6.45, 7) is 0. The van der Waals surface area contributed by atoms with Gasteiger partial charge in [-0.05, 0) is 33.0 Å². The molecule has 0 saturated heterocycles. The van der Waals surface area contributed by atoms with Gasteiger partial charge in [0.25, 0.3) is 0 Å². The SMILES string of the molecule is CNc1cccc2ccc3c4ccccc4ccc3c12. The summed E-state index contributed by atoms with van der Waals surface area (Å²) < 4.78 is 0. The number of rotatable bonds is 1. The number of nitrogens with one attached hydrogen (secondary N) is 1. The summed E-state index contributed by atoms with van der Waals surface area (Å²) in [7, 11) is 1.98. The van der Waals surface area contributed by atoms with Crippen LogP contribution >= 0.6 is 0 Å². The maximum atomic E-state index is 3.31. The van der Waals surface area contributed by atoms with E-state index in [-0.39, 0.29) is 0 Å². The van der Waals surface area contributed by atoms with Crippen molar-refractivity contribution in [1.82, 2.24) is 0 Å². The molecule has 0 aliphatic heterocycles. The molecular weight excluding hydrogens is 242 g/mol. The molecule has 0 amide bonds. The van der Waals surface area contributed by atoms with Gasteiger partial charge in [-0.2, -0.15) is 0 Å². The quantitative estimate of drug-likeness (QED) is 0.463. The molecule has 0 spiro atoms. The third-order valence-electron chi connectivity index (χ3n) is 4.04. The second-order valence-electron chi connectivity index (χ2n) is 5.10. The monoisotopic (exact) mass is 257 g/mol. The summed E-state index contributed by atoms with van der Waals surface area (Å²) in [6.07, 6.45) is 0. The Morgan fingerprint density at radius 1 is 0.600 bits per heavy atom. The molecule has 0 bridgehead atoms. The molecule has 0 radical (unpaired) electrons. The molecule has 0 aromatic heterocycles. The van der Waals surface area contributed by atoms with Crippen LogP contribution in [0.4, 0.5) is 5.69 Å². The Bertz CT molecular complexity index is 938. The van der Waals surface area contributed by atoms with Crippen molar-refractivity contribution in [1.29, 1.82) is 0 Å². The Hall–Kier alpha value is -2.54. The van der Waals surface area contributed by atoms with Crippen molar-refractivity contribution in [3.8, 4) is 0 Å². The van der Waals surface area contributed by atoms with Crippen molar-refractivity contribution in [2.24, 2.45) is 0 Å². The van der Waals surface area contributed by atoms with Crippen molar-refractivity contribution >= 4 is 38.0 Å². The lowest BCUT2D eigenvalue weighted by molar-refractivity contribution is 1.55. The molecule has 1 N–H and O–H groups in total. The molecule has 4 aromatic carbocycles. The zero-order valence-electron chi connectivity index (χ0n) is 11.4. The first-order valence-corrected chi connectivity index (χ1v) is 6.89. The van der Waals surface area contributed by atoms with Crippen LogP contribution in [0.5, 0.6) is 0 Å². The fourth-order valence-electron chi connectivity index (χ4n) is 3.08. The lowest BCUT2D eigenvalue weighted by Gasteiger charge is -2.11. The molecule has 96 valence electrons. The molecule has 1 heteroatoms. The molecule has 4 aromatic rings. The smallest absolute Gasteiger partial charge is 0.0423 e. The number of fused-ring (bicyclic) bond motifs is 5. The third-order valence-corrected chi connectivity index (χ3v) is 4.04. The maximum Gasteiger partial charge on any atom is 0.0423 e. The number of hydrogen-bond donors (Lipinski definition) is 1. The average molecular weight is 257 g/mol. The Balaban J connectivity index is 2.28. The van der Waals surface area contributed by atoms with E-state index in [2.05, 4.69) is 72.0 Å². The summed E-state index contributed by atoms with van der Waals surface area (Å²) >= 11 is 0. The van der Waals surface area contributed by atoms with Crippen molar-refractivity contribution in [2.75, 3.05) is 12.4 Å². The van der Waals surface area contributed by atoms with E-state index < -0.39 is 0 Å². The van der Waals surface area contributed by atoms with E-state index >= 15 is 0 Å². The first-order valence-electron chi connectivity index (χ1n) is 6.89. The Morgan fingerprint density at radius 3 is 2.25 bits per heavy atom. The van der Waals surface area contributed by atoms with Gasteiger partial charge in [-0.25, -0.2) is 0 Å². The predicted molar refractivity (Wildman–Crippen MR) is 88.5 cm³/mol. The minimum absolute atomic E-state index is 1.18. The Morgan fingerprint density at radius 2 is 1.35 bits per heavy atom. The van der Waals surface area contributed by atoms with Crippen LogP contribution in [0.1, 0.15) is 0 Å². The summed E-state index contributed by atoms with van der Waals surface area (Å²) in [5.74, 6) is 0. The topological polar surface area (TPSA) is 12.0 Å². The third kappa shape index (κ3) is 1.50. The zero-order chi connectivity index (χ0) is 13.5. The molecule has 0 atom stereocenters. The first-order chi connectivity index (χ1) is 9.88. The van der Waals surface area contributed by atoms with Gasteiger partial charge in [0.15, 0.2) is 0 Å². The van der Waals surface area contributed by atoms with Crippen LogP contribution in [-0.4, -0.2) is 7.05 Å². The average Bonchev–Trinajstić information content (AvgIpc) is 2.53. The fourth-order valence-corrected chi connectivity index (χ4v) is 3.08. The Kier molecular flexibility index (Phi) is 2.40. The van der Waals surface area contributed by atoms with Gasteiger partial charge in [-0.15, -0.1) is 0 Å². The largest absolute Gasteiger partial charge is 0.388 e. The van der Waals surface area contributed by atoms with E-state index in [0.717, 1.165) is 0 Å². The van der Waals surface area contributed by atoms with E-state index in [1.165, 1.54) is 38.0 Å². The van der Waals surface area contributed by atoms with Crippen LogP contribution in [0, 0.1) is 0 Å². The van der Waals surface area contributed by atoms with E-state index in [0.29, 0.717) is 0 Å². The minimum atomic E-state index is 1.18. The van der Waals surface area contributed by atoms with E-state index in [1.54, 1.807) is 0 Å². The summed E-state index contributed by atoms with van der Waals surface area (Å²) in [4.78, 5) is 0. The Labute approximate surface area is 117 Å². The highest BCUT2D eigenvalue weighted by molar-refractivity contribution is 6.20. The van der Waals surface area contributed by atoms with Crippen molar-refractivity contribution in [3.05, 3.63) is 66.7 Å². The normalized spacial score (nSPS) is 11.2.